The van der Waals surface area contributed by atoms with Gasteiger partial charge in [-0.2, -0.15) is 0 Å². The fourth-order valence-corrected chi connectivity index (χ4v) is 2.68. The van der Waals surface area contributed by atoms with Gasteiger partial charge >= 0.3 is 5.97 Å². The molecule has 0 aliphatic heterocycles. The standard InChI is InChI=1S/C23H19ClO3/c1-17-15-20(24)10-13-22(17)27-23(25)14-9-18-7-11-21(12-8-18)26-16-19-5-3-2-4-6-19/h2-15H,16H2,1H3/b14-9+. The van der Waals surface area contributed by atoms with Gasteiger partial charge in [0.1, 0.15) is 18.1 Å². The molecule has 0 aliphatic carbocycles. The summed E-state index contributed by atoms with van der Waals surface area (Å²) in [6.07, 6.45) is 3.10. The highest BCUT2D eigenvalue weighted by molar-refractivity contribution is 6.30. The van der Waals surface area contributed by atoms with E-state index in [0.717, 1.165) is 22.4 Å². The summed E-state index contributed by atoms with van der Waals surface area (Å²) in [5.74, 6) is 0.832. The summed E-state index contributed by atoms with van der Waals surface area (Å²) in [4.78, 5) is 12.0. The largest absolute Gasteiger partial charge is 0.489 e. The van der Waals surface area contributed by atoms with Crippen molar-refractivity contribution in [2.45, 2.75) is 13.5 Å². The van der Waals surface area contributed by atoms with Crippen molar-refractivity contribution in [2.75, 3.05) is 0 Å². The number of carbonyl (C=O) groups excluding carboxylic acids is 1. The van der Waals surface area contributed by atoms with Gasteiger partial charge in [-0.3, -0.25) is 0 Å². The van der Waals surface area contributed by atoms with E-state index in [-0.39, 0.29) is 0 Å². The summed E-state index contributed by atoms with van der Waals surface area (Å²) in [6, 6.07) is 22.6. The number of carbonyl (C=O) groups is 1. The van der Waals surface area contributed by atoms with Crippen LogP contribution in [0.5, 0.6) is 11.5 Å². The molecule has 27 heavy (non-hydrogen) atoms. The first kappa shape index (κ1) is 18.7. The average Bonchev–Trinajstić information content (AvgIpc) is 2.68. The molecule has 0 spiro atoms. The number of aryl methyl sites for hydroxylation is 1. The molecule has 0 aliphatic rings. The van der Waals surface area contributed by atoms with Gasteiger partial charge < -0.3 is 9.47 Å². The van der Waals surface area contributed by atoms with Crippen molar-refractivity contribution in [3.63, 3.8) is 0 Å². The van der Waals surface area contributed by atoms with Crippen molar-refractivity contribution < 1.29 is 14.3 Å². The quantitative estimate of drug-likeness (QED) is 0.307. The van der Waals surface area contributed by atoms with Crippen molar-refractivity contribution in [2.24, 2.45) is 0 Å². The van der Waals surface area contributed by atoms with Crippen LogP contribution < -0.4 is 9.47 Å². The fourth-order valence-electron chi connectivity index (χ4n) is 2.45. The van der Waals surface area contributed by atoms with Crippen molar-refractivity contribution in [3.05, 3.63) is 101 Å². The molecule has 0 saturated carbocycles. The number of halogens is 1. The molecular weight excluding hydrogens is 360 g/mol. The molecule has 3 aromatic rings. The number of ether oxygens (including phenoxy) is 2. The van der Waals surface area contributed by atoms with Crippen molar-refractivity contribution in [3.8, 4) is 11.5 Å². The minimum atomic E-state index is -0.440. The zero-order chi connectivity index (χ0) is 19.1. The molecule has 0 N–H and O–H groups in total. The smallest absolute Gasteiger partial charge is 0.336 e. The van der Waals surface area contributed by atoms with Gasteiger partial charge in [-0.1, -0.05) is 54.1 Å². The van der Waals surface area contributed by atoms with Gasteiger partial charge in [0, 0.05) is 11.1 Å². The normalized spacial score (nSPS) is 10.7. The molecule has 0 fully saturated rings. The zero-order valence-corrected chi connectivity index (χ0v) is 15.6. The van der Waals surface area contributed by atoms with Crippen molar-refractivity contribution >= 4 is 23.6 Å². The molecule has 0 unspecified atom stereocenters. The van der Waals surface area contributed by atoms with Crippen LogP contribution in [0.3, 0.4) is 0 Å². The Hall–Kier alpha value is -3.04. The molecule has 0 atom stereocenters. The van der Waals surface area contributed by atoms with E-state index in [4.69, 9.17) is 21.1 Å². The Morgan fingerprint density at radius 1 is 1.00 bits per heavy atom. The van der Waals surface area contributed by atoms with Gasteiger partial charge in [0.2, 0.25) is 0 Å². The third-order valence-corrected chi connectivity index (χ3v) is 4.12. The average molecular weight is 379 g/mol. The Bertz CT molecular complexity index is 932. The Morgan fingerprint density at radius 3 is 2.44 bits per heavy atom. The van der Waals surface area contributed by atoms with Crippen LogP contribution in [0.4, 0.5) is 0 Å². The third-order valence-electron chi connectivity index (χ3n) is 3.89. The Morgan fingerprint density at radius 2 is 1.74 bits per heavy atom. The van der Waals surface area contributed by atoms with Crippen LogP contribution in [0, 0.1) is 6.92 Å². The monoisotopic (exact) mass is 378 g/mol. The van der Waals surface area contributed by atoms with E-state index >= 15 is 0 Å². The predicted octanol–water partition coefficient (Wildman–Crippen LogP) is 5.85. The Labute approximate surface area is 163 Å². The summed E-state index contributed by atoms with van der Waals surface area (Å²) in [5, 5.41) is 0.609. The van der Waals surface area contributed by atoms with Crippen LogP contribution in [0.2, 0.25) is 5.02 Å². The fraction of sp³-hybridized carbons (Fsp3) is 0.0870. The van der Waals surface area contributed by atoms with Crippen LogP contribution in [0.15, 0.2) is 78.9 Å². The minimum absolute atomic E-state index is 0.440. The van der Waals surface area contributed by atoms with E-state index in [0.29, 0.717) is 17.4 Å². The van der Waals surface area contributed by atoms with Gasteiger partial charge in [-0.25, -0.2) is 4.79 Å². The molecular formula is C23H19ClO3. The molecule has 3 rings (SSSR count). The molecule has 0 aromatic heterocycles. The first-order chi connectivity index (χ1) is 13.1. The van der Waals surface area contributed by atoms with E-state index in [1.54, 1.807) is 24.3 Å². The van der Waals surface area contributed by atoms with E-state index < -0.39 is 5.97 Å². The molecule has 3 nitrogen and oxygen atoms in total. The van der Waals surface area contributed by atoms with Crippen LogP contribution in [-0.2, 0) is 11.4 Å². The van der Waals surface area contributed by atoms with Crippen LogP contribution in [-0.4, -0.2) is 5.97 Å². The van der Waals surface area contributed by atoms with Gasteiger partial charge in [-0.15, -0.1) is 0 Å². The lowest BCUT2D eigenvalue weighted by atomic mass is 10.2. The summed E-state index contributed by atoms with van der Waals surface area (Å²) in [6.45, 7) is 2.36. The van der Waals surface area contributed by atoms with Gasteiger partial charge in [0.25, 0.3) is 0 Å². The lowest BCUT2D eigenvalue weighted by Gasteiger charge is -2.06. The van der Waals surface area contributed by atoms with Crippen molar-refractivity contribution in [1.82, 2.24) is 0 Å². The Kier molecular flexibility index (Phi) is 6.29. The predicted molar refractivity (Wildman–Crippen MR) is 108 cm³/mol. The second kappa shape index (κ2) is 9.06. The summed E-state index contributed by atoms with van der Waals surface area (Å²) in [7, 11) is 0. The van der Waals surface area contributed by atoms with E-state index in [9.17, 15) is 4.79 Å². The second-order valence-electron chi connectivity index (χ2n) is 6.01. The molecule has 0 saturated heterocycles. The summed E-state index contributed by atoms with van der Waals surface area (Å²) >= 11 is 5.90. The highest BCUT2D eigenvalue weighted by Crippen LogP contribution is 2.22. The lowest BCUT2D eigenvalue weighted by Crippen LogP contribution is -2.04. The number of hydrogen-bond donors (Lipinski definition) is 0. The van der Waals surface area contributed by atoms with E-state index in [2.05, 4.69) is 0 Å². The van der Waals surface area contributed by atoms with Gasteiger partial charge in [0.15, 0.2) is 0 Å². The van der Waals surface area contributed by atoms with Crippen molar-refractivity contribution in [1.29, 1.82) is 0 Å². The third kappa shape index (κ3) is 5.73. The van der Waals surface area contributed by atoms with Crippen LogP contribution >= 0.6 is 11.6 Å². The first-order valence-corrected chi connectivity index (χ1v) is 8.91. The van der Waals surface area contributed by atoms with Gasteiger partial charge in [-0.05, 0) is 60.0 Å². The molecule has 0 heterocycles. The molecule has 3 aromatic carbocycles. The zero-order valence-electron chi connectivity index (χ0n) is 14.9. The molecule has 0 radical (unpaired) electrons. The summed E-state index contributed by atoms with van der Waals surface area (Å²) in [5.41, 5.74) is 2.80. The topological polar surface area (TPSA) is 35.5 Å². The van der Waals surface area contributed by atoms with Crippen LogP contribution in [0.25, 0.3) is 6.08 Å². The second-order valence-corrected chi connectivity index (χ2v) is 6.44. The Balaban J connectivity index is 1.54. The molecule has 0 bridgehead atoms. The van der Waals surface area contributed by atoms with E-state index in [1.165, 1.54) is 6.08 Å². The minimum Gasteiger partial charge on any atom is -0.489 e. The van der Waals surface area contributed by atoms with Crippen LogP contribution in [0.1, 0.15) is 16.7 Å². The molecule has 4 heteroatoms. The number of hydrogen-bond acceptors (Lipinski definition) is 3. The number of esters is 1. The maximum Gasteiger partial charge on any atom is 0.336 e. The SMILES string of the molecule is Cc1cc(Cl)ccc1OC(=O)/C=C/c1ccc(OCc2ccccc2)cc1. The van der Waals surface area contributed by atoms with Gasteiger partial charge in [0.05, 0.1) is 0 Å². The summed E-state index contributed by atoms with van der Waals surface area (Å²) < 4.78 is 11.1. The number of benzene rings is 3. The molecule has 0 amide bonds. The van der Waals surface area contributed by atoms with E-state index in [1.807, 2.05) is 61.5 Å². The highest BCUT2D eigenvalue weighted by Gasteiger charge is 2.04. The highest BCUT2D eigenvalue weighted by atomic mass is 35.5. The molecule has 136 valence electrons. The number of rotatable bonds is 6. The lowest BCUT2D eigenvalue weighted by molar-refractivity contribution is -0.128. The maximum absolute atomic E-state index is 12.0. The maximum atomic E-state index is 12.0. The first-order valence-electron chi connectivity index (χ1n) is 8.53.